The van der Waals surface area contributed by atoms with E-state index in [2.05, 4.69) is 27.8 Å². The fourth-order valence-electron chi connectivity index (χ4n) is 8.06. The lowest BCUT2D eigenvalue weighted by Gasteiger charge is -2.43. The number of aromatic nitrogens is 1. The molecule has 1 unspecified atom stereocenters. The number of anilines is 1. The van der Waals surface area contributed by atoms with Crippen LogP contribution in [0.2, 0.25) is 0 Å². The second-order valence-corrected chi connectivity index (χ2v) is 14.9. The Bertz CT molecular complexity index is 1930. The molecule has 1 aromatic heterocycles. The van der Waals surface area contributed by atoms with Crippen molar-refractivity contribution in [3.8, 4) is 17.7 Å². The lowest BCUT2D eigenvalue weighted by atomic mass is 9.70. The number of benzene rings is 2. The van der Waals surface area contributed by atoms with Crippen molar-refractivity contribution < 1.29 is 27.5 Å². The highest BCUT2D eigenvalue weighted by Crippen LogP contribution is 2.54. The van der Waals surface area contributed by atoms with Gasteiger partial charge >= 0.3 is 0 Å². The van der Waals surface area contributed by atoms with Crippen molar-refractivity contribution in [3.05, 3.63) is 77.0 Å². The van der Waals surface area contributed by atoms with Crippen LogP contribution < -0.4 is 13.8 Å². The first-order chi connectivity index (χ1) is 24.7. The molecule has 13 heteroatoms. The molecule has 0 radical (unpaired) electrons. The van der Waals surface area contributed by atoms with Crippen molar-refractivity contribution in [1.29, 1.82) is 5.26 Å². The van der Waals surface area contributed by atoms with Gasteiger partial charge in [0.15, 0.2) is 0 Å². The maximum atomic E-state index is 15.4. The summed E-state index contributed by atoms with van der Waals surface area (Å²) in [6.45, 7) is 11.6. The molecule has 4 heterocycles. The van der Waals surface area contributed by atoms with Crippen molar-refractivity contribution in [2.75, 3.05) is 63.8 Å². The number of hydrogen-bond donors (Lipinski definition) is 0. The third kappa shape index (κ3) is 6.34. The Morgan fingerprint density at radius 3 is 2.37 bits per heavy atom. The molecule has 12 nitrogen and oxygen atoms in total. The summed E-state index contributed by atoms with van der Waals surface area (Å²) in [6, 6.07) is 15.2. The van der Waals surface area contributed by atoms with Gasteiger partial charge in [-0.3, -0.25) is 14.5 Å². The first kappa shape index (κ1) is 36.3. The monoisotopic (exact) mass is 714 g/mol. The van der Waals surface area contributed by atoms with Gasteiger partial charge in [0.2, 0.25) is 11.8 Å². The number of sulfonamides is 1. The number of para-hydroxylation sites is 1. The zero-order chi connectivity index (χ0) is 36.3. The molecule has 0 N–H and O–H groups in total. The van der Waals surface area contributed by atoms with E-state index in [1.54, 1.807) is 36.1 Å². The maximum absolute atomic E-state index is 15.4. The minimum absolute atomic E-state index is 0.0689. The molecular weight excluding hydrogens is 669 g/mol. The van der Waals surface area contributed by atoms with E-state index < -0.39 is 21.3 Å². The number of hydrogen-bond acceptors (Lipinski definition) is 10. The zero-order valence-corrected chi connectivity index (χ0v) is 30.6. The Hall–Kier alpha value is -4.51. The van der Waals surface area contributed by atoms with Gasteiger partial charge in [-0.15, -0.1) is 0 Å². The fourth-order valence-corrected chi connectivity index (χ4v) is 9.70. The first-order valence-electron chi connectivity index (χ1n) is 17.8. The van der Waals surface area contributed by atoms with Crippen molar-refractivity contribution >= 4 is 27.5 Å². The number of fused-ring (bicyclic) bond motifs is 1. The summed E-state index contributed by atoms with van der Waals surface area (Å²) >= 11 is 0. The molecule has 51 heavy (non-hydrogen) atoms. The van der Waals surface area contributed by atoms with Gasteiger partial charge in [0.05, 0.1) is 31.0 Å². The molecule has 3 aromatic rings. The number of carbonyl (C=O) groups is 2. The van der Waals surface area contributed by atoms with Crippen molar-refractivity contribution in [1.82, 2.24) is 19.7 Å². The molecule has 0 aliphatic carbocycles. The highest BCUT2D eigenvalue weighted by atomic mass is 32.2. The van der Waals surface area contributed by atoms with Crippen molar-refractivity contribution in [2.45, 2.75) is 62.8 Å². The van der Waals surface area contributed by atoms with E-state index in [0.29, 0.717) is 55.3 Å². The van der Waals surface area contributed by atoms with Crippen molar-refractivity contribution in [2.24, 2.45) is 0 Å². The number of likely N-dealkylation sites (tertiary alicyclic amines) is 1. The molecule has 2 fully saturated rings. The second-order valence-electron chi connectivity index (χ2n) is 13.1. The molecule has 2 saturated heterocycles. The summed E-state index contributed by atoms with van der Waals surface area (Å²) in [7, 11) is -3.24. The van der Waals surface area contributed by atoms with E-state index in [9.17, 15) is 18.5 Å². The van der Waals surface area contributed by atoms with E-state index in [0.717, 1.165) is 36.8 Å². The predicted molar refractivity (Wildman–Crippen MR) is 192 cm³/mol. The molecule has 0 spiro atoms. The van der Waals surface area contributed by atoms with Crippen LogP contribution in [0.1, 0.15) is 62.3 Å². The maximum Gasteiger partial charge on any atom is 0.274 e. The van der Waals surface area contributed by atoms with Crippen LogP contribution in [0.4, 0.5) is 5.69 Å². The molecule has 0 bridgehead atoms. The molecule has 2 amide bonds. The van der Waals surface area contributed by atoms with E-state index in [4.69, 9.17) is 9.47 Å². The Labute approximate surface area is 300 Å². The Kier molecular flexibility index (Phi) is 10.7. The first-order valence-corrected chi connectivity index (χ1v) is 19.2. The number of ether oxygens (including phenoxy) is 2. The highest BCUT2D eigenvalue weighted by Gasteiger charge is 2.60. The lowest BCUT2D eigenvalue weighted by Crippen LogP contribution is -2.55. The van der Waals surface area contributed by atoms with E-state index in [1.165, 1.54) is 37.6 Å². The topological polar surface area (TPSA) is 136 Å². The van der Waals surface area contributed by atoms with E-state index >= 15 is 4.79 Å². The average molecular weight is 715 g/mol. The van der Waals surface area contributed by atoms with Crippen LogP contribution in [0.3, 0.4) is 0 Å². The Morgan fingerprint density at radius 1 is 1.00 bits per heavy atom. The standard InChI is InChI=1S/C38H46N6O6S/c1-5-29-27(26-39)14-15-31-35(29)38(30-11-10-18-40-36(30)50-7-3,37(46)44(31)51(47,48)33-13-9-8-12-32(33)49-4)25-34(45)43-23-21-42(22-24-43)28-16-19-41(6-2)20-17-28/h8-15,18,28H,5-7,16-17,19-25H2,1-4H3. The smallest absolute Gasteiger partial charge is 0.274 e. The molecule has 2 aromatic carbocycles. The van der Waals surface area contributed by atoms with Crippen LogP contribution in [0.5, 0.6) is 11.6 Å². The minimum Gasteiger partial charge on any atom is -0.495 e. The largest absolute Gasteiger partial charge is 0.495 e. The second kappa shape index (κ2) is 15.0. The van der Waals surface area contributed by atoms with Gasteiger partial charge in [-0.2, -0.15) is 5.26 Å². The van der Waals surface area contributed by atoms with Crippen LogP contribution in [0.15, 0.2) is 59.6 Å². The van der Waals surface area contributed by atoms with Gasteiger partial charge in [0.25, 0.3) is 15.9 Å². The number of nitriles is 1. The molecular formula is C38H46N6O6S. The van der Waals surface area contributed by atoms with Crippen LogP contribution >= 0.6 is 0 Å². The molecule has 1 atom stereocenters. The summed E-state index contributed by atoms with van der Waals surface area (Å²) in [5.74, 6) is -0.936. The summed E-state index contributed by atoms with van der Waals surface area (Å²) in [5, 5.41) is 10.2. The van der Waals surface area contributed by atoms with Crippen LogP contribution in [-0.2, 0) is 31.4 Å². The SMILES string of the molecule is CCOc1ncccc1C1(CC(=O)N2CCN(C3CCN(CC)CC3)CC2)C(=O)N(S(=O)(=O)c2ccccc2OC)c2ccc(C#N)c(CC)c21. The normalized spacial score (nSPS) is 20.3. The van der Waals surface area contributed by atoms with Gasteiger partial charge in [-0.25, -0.2) is 17.7 Å². The third-order valence-corrected chi connectivity index (χ3v) is 12.4. The van der Waals surface area contributed by atoms with Gasteiger partial charge in [-0.05, 0) is 81.7 Å². The van der Waals surface area contributed by atoms with Gasteiger partial charge in [0, 0.05) is 56.0 Å². The Morgan fingerprint density at radius 2 is 1.73 bits per heavy atom. The molecule has 3 aliphatic heterocycles. The number of pyridine rings is 1. The van der Waals surface area contributed by atoms with Gasteiger partial charge < -0.3 is 19.3 Å². The van der Waals surface area contributed by atoms with Crippen molar-refractivity contribution in [3.63, 3.8) is 0 Å². The molecule has 6 rings (SSSR count). The number of rotatable bonds is 11. The van der Waals surface area contributed by atoms with Crippen LogP contribution in [-0.4, -0.2) is 105 Å². The minimum atomic E-state index is -4.60. The summed E-state index contributed by atoms with van der Waals surface area (Å²) in [6.07, 6.45) is 3.64. The number of methoxy groups -OCH3 is 1. The summed E-state index contributed by atoms with van der Waals surface area (Å²) < 4.78 is 41.6. The van der Waals surface area contributed by atoms with Crippen LogP contribution in [0, 0.1) is 11.3 Å². The average Bonchev–Trinajstić information content (AvgIpc) is 3.42. The van der Waals surface area contributed by atoms with Gasteiger partial charge in [0.1, 0.15) is 16.1 Å². The molecule has 270 valence electrons. The summed E-state index contributed by atoms with van der Waals surface area (Å²) in [5.41, 5.74) is -0.427. The number of piperidine rings is 1. The number of nitrogens with zero attached hydrogens (tertiary/aromatic N) is 6. The van der Waals surface area contributed by atoms with Crippen LogP contribution in [0.25, 0.3) is 0 Å². The quantitative estimate of drug-likeness (QED) is 0.287. The van der Waals surface area contributed by atoms with E-state index in [-0.39, 0.29) is 46.7 Å². The molecule has 3 aliphatic rings. The number of amides is 2. The third-order valence-electron chi connectivity index (χ3n) is 10.7. The predicted octanol–water partition coefficient (Wildman–Crippen LogP) is 3.96. The zero-order valence-electron chi connectivity index (χ0n) is 29.8. The van der Waals surface area contributed by atoms with E-state index in [1.807, 2.05) is 6.92 Å². The number of piperazine rings is 1. The highest BCUT2D eigenvalue weighted by molar-refractivity contribution is 7.93. The fraction of sp³-hybridized carbons (Fsp3) is 0.474. The van der Waals surface area contributed by atoms with Gasteiger partial charge in [-0.1, -0.05) is 32.0 Å². The molecule has 0 saturated carbocycles. The Balaban J connectivity index is 1.47. The lowest BCUT2D eigenvalue weighted by molar-refractivity contribution is -0.137. The summed E-state index contributed by atoms with van der Waals surface area (Å²) in [4.78, 5) is 41.0. The number of carbonyl (C=O) groups excluding carboxylic acids is 2.